The number of para-hydroxylation sites is 1. The molecule has 108 valence electrons. The molecule has 0 amide bonds. The normalized spacial score (nSPS) is 19.0. The molecule has 3 N–H and O–H groups in total. The molecule has 3 rings (SSSR count). The maximum atomic E-state index is 4.50. The molecule has 0 spiro atoms. The number of hydrogen-bond donors (Lipinski definition) is 2. The lowest BCUT2D eigenvalue weighted by atomic mass is 10.2. The average molecular weight is 271 g/mol. The van der Waals surface area contributed by atoms with E-state index in [0.29, 0.717) is 0 Å². The highest BCUT2D eigenvalue weighted by atomic mass is 15.1. The van der Waals surface area contributed by atoms with Crippen LogP contribution in [0, 0.1) is 0 Å². The van der Waals surface area contributed by atoms with Crippen LogP contribution in [0.3, 0.4) is 0 Å². The Morgan fingerprint density at radius 3 is 2.65 bits per heavy atom. The molecule has 1 heterocycles. The molecule has 2 aliphatic rings. The lowest BCUT2D eigenvalue weighted by Crippen LogP contribution is -2.15. The van der Waals surface area contributed by atoms with Crippen LogP contribution in [0.2, 0.25) is 0 Å². The summed E-state index contributed by atoms with van der Waals surface area (Å²) < 4.78 is 0. The summed E-state index contributed by atoms with van der Waals surface area (Å²) in [5.41, 5.74) is 11.6. The van der Waals surface area contributed by atoms with Crippen molar-refractivity contribution in [1.29, 1.82) is 0 Å². The number of nitrogens with zero attached hydrogens (tertiary/aromatic N) is 1. The predicted octanol–water partition coefficient (Wildman–Crippen LogP) is 2.80. The van der Waals surface area contributed by atoms with Crippen LogP contribution >= 0.6 is 0 Å². The summed E-state index contributed by atoms with van der Waals surface area (Å²) in [5, 5.41) is 3.35. The molecule has 1 aromatic carbocycles. The van der Waals surface area contributed by atoms with Crippen LogP contribution in [0.5, 0.6) is 0 Å². The molecular weight excluding hydrogens is 246 g/mol. The Bertz CT molecular complexity index is 529. The van der Waals surface area contributed by atoms with Crippen molar-refractivity contribution in [1.82, 2.24) is 5.32 Å². The number of likely N-dealkylation sites (N-methyl/N-ethyl adjacent to an activating group) is 1. The molecule has 0 bridgehead atoms. The smallest absolute Gasteiger partial charge is 0.0439 e. The maximum absolute atomic E-state index is 4.50. The second-order valence-electron chi connectivity index (χ2n) is 5.13. The molecule has 1 aliphatic heterocycles. The summed E-state index contributed by atoms with van der Waals surface area (Å²) in [6, 6.07) is 8.73. The monoisotopic (exact) mass is 271 g/mol. The van der Waals surface area contributed by atoms with E-state index in [1.165, 1.54) is 48.0 Å². The van der Waals surface area contributed by atoms with E-state index in [1.807, 2.05) is 7.05 Å². The van der Waals surface area contributed by atoms with Gasteiger partial charge in [0.1, 0.15) is 0 Å². The first-order valence-corrected chi connectivity index (χ1v) is 7.30. The van der Waals surface area contributed by atoms with E-state index >= 15 is 0 Å². The van der Waals surface area contributed by atoms with Gasteiger partial charge in [0.2, 0.25) is 0 Å². The number of fused-ring (bicyclic) bond motifs is 1. The van der Waals surface area contributed by atoms with Crippen LogP contribution in [-0.4, -0.2) is 20.6 Å². The number of benzene rings is 1. The minimum atomic E-state index is 1.11. The first-order chi connectivity index (χ1) is 9.79. The van der Waals surface area contributed by atoms with Gasteiger partial charge >= 0.3 is 0 Å². The van der Waals surface area contributed by atoms with Crippen LogP contribution in [0.25, 0.3) is 0 Å². The third-order valence-electron chi connectivity index (χ3n) is 4.00. The zero-order valence-corrected chi connectivity index (χ0v) is 12.7. The molecule has 3 heteroatoms. The number of anilines is 1. The van der Waals surface area contributed by atoms with Gasteiger partial charge in [-0.15, -0.1) is 0 Å². The quantitative estimate of drug-likeness (QED) is 0.869. The number of nitrogens with one attached hydrogen (secondary N) is 1. The Hall–Kier alpha value is -1.74. The molecule has 0 saturated carbocycles. The highest BCUT2D eigenvalue weighted by molar-refractivity contribution is 5.61. The van der Waals surface area contributed by atoms with E-state index in [0.717, 1.165) is 13.0 Å². The molecular formula is C17H25N3. The third-order valence-corrected chi connectivity index (χ3v) is 4.00. The zero-order chi connectivity index (χ0) is 14.5. The summed E-state index contributed by atoms with van der Waals surface area (Å²) in [7, 11) is 3.52. The lowest BCUT2D eigenvalue weighted by molar-refractivity contribution is 0.943. The van der Waals surface area contributed by atoms with Gasteiger partial charge in [-0.2, -0.15) is 0 Å². The summed E-state index contributed by atoms with van der Waals surface area (Å²) in [5.74, 6) is 0. The summed E-state index contributed by atoms with van der Waals surface area (Å²) in [6.45, 7) is 3.34. The molecule has 0 atom stereocenters. The van der Waals surface area contributed by atoms with E-state index in [-0.39, 0.29) is 0 Å². The van der Waals surface area contributed by atoms with E-state index in [4.69, 9.17) is 0 Å². The highest BCUT2D eigenvalue weighted by Gasteiger charge is 2.20. The van der Waals surface area contributed by atoms with E-state index < -0.39 is 0 Å². The van der Waals surface area contributed by atoms with Gasteiger partial charge in [-0.1, -0.05) is 18.2 Å². The number of rotatable bonds is 2. The van der Waals surface area contributed by atoms with Crippen molar-refractivity contribution in [2.45, 2.75) is 26.2 Å². The molecule has 0 radical (unpaired) electrons. The van der Waals surface area contributed by atoms with Gasteiger partial charge < -0.3 is 16.0 Å². The summed E-state index contributed by atoms with van der Waals surface area (Å²) in [4.78, 5) is 2.40. The van der Waals surface area contributed by atoms with Gasteiger partial charge in [-0.05, 0) is 56.0 Å². The van der Waals surface area contributed by atoms with Gasteiger partial charge in [-0.25, -0.2) is 0 Å². The second kappa shape index (κ2) is 6.62. The Morgan fingerprint density at radius 2 is 1.90 bits per heavy atom. The van der Waals surface area contributed by atoms with E-state index in [2.05, 4.69) is 53.3 Å². The Kier molecular flexibility index (Phi) is 4.85. The summed E-state index contributed by atoms with van der Waals surface area (Å²) in [6.07, 6.45) is 5.86. The largest absolute Gasteiger partial charge is 0.388 e. The average Bonchev–Trinajstić information content (AvgIpc) is 3.06. The fourth-order valence-corrected chi connectivity index (χ4v) is 3.04. The molecule has 0 unspecified atom stereocenters. The minimum absolute atomic E-state index is 1.11. The van der Waals surface area contributed by atoms with Crippen LogP contribution in [0.1, 0.15) is 25.3 Å². The minimum Gasteiger partial charge on any atom is -0.388 e. The van der Waals surface area contributed by atoms with Crippen molar-refractivity contribution < 1.29 is 0 Å². The van der Waals surface area contributed by atoms with Crippen molar-refractivity contribution in [2.24, 2.45) is 5.73 Å². The molecule has 1 aliphatic carbocycles. The predicted molar refractivity (Wildman–Crippen MR) is 86.7 cm³/mol. The van der Waals surface area contributed by atoms with E-state index in [1.54, 1.807) is 0 Å². The van der Waals surface area contributed by atoms with Crippen molar-refractivity contribution in [3.05, 3.63) is 52.9 Å². The van der Waals surface area contributed by atoms with Crippen molar-refractivity contribution in [3.63, 3.8) is 0 Å². The second-order valence-corrected chi connectivity index (χ2v) is 5.13. The van der Waals surface area contributed by atoms with Gasteiger partial charge in [0.15, 0.2) is 0 Å². The number of allylic oxidation sites excluding steroid dienone is 2. The summed E-state index contributed by atoms with van der Waals surface area (Å²) >= 11 is 0. The van der Waals surface area contributed by atoms with Gasteiger partial charge in [0, 0.05) is 31.2 Å². The highest BCUT2D eigenvalue weighted by Crippen LogP contribution is 2.33. The molecule has 20 heavy (non-hydrogen) atoms. The van der Waals surface area contributed by atoms with Crippen LogP contribution < -0.4 is 16.0 Å². The molecule has 0 fully saturated rings. The Labute approximate surface area is 122 Å². The van der Waals surface area contributed by atoms with Crippen molar-refractivity contribution in [3.8, 4) is 0 Å². The first-order valence-electron chi connectivity index (χ1n) is 7.30. The van der Waals surface area contributed by atoms with Gasteiger partial charge in [-0.3, -0.25) is 0 Å². The Morgan fingerprint density at radius 1 is 1.15 bits per heavy atom. The van der Waals surface area contributed by atoms with Gasteiger partial charge in [0.05, 0.1) is 0 Å². The standard InChI is InChI=1S/C16H20N2.CH5N/c1-12-7-8-14(16(12)17-2)11-18-10-9-13-5-3-4-6-15(13)18;1-2/h3-6,11,17H,7-10H2,1-2H3;2H2,1H3/b14-11+;. The Balaban J connectivity index is 0.000000704. The van der Waals surface area contributed by atoms with Crippen molar-refractivity contribution >= 4 is 5.69 Å². The third kappa shape index (κ3) is 2.73. The number of hydrogen-bond acceptors (Lipinski definition) is 3. The van der Waals surface area contributed by atoms with Crippen LogP contribution in [0.4, 0.5) is 5.69 Å². The van der Waals surface area contributed by atoms with Crippen LogP contribution in [0.15, 0.2) is 47.3 Å². The fraction of sp³-hybridized carbons (Fsp3) is 0.412. The molecule has 0 saturated heterocycles. The topological polar surface area (TPSA) is 41.3 Å². The van der Waals surface area contributed by atoms with Gasteiger partial charge in [0.25, 0.3) is 0 Å². The SMILES string of the molecule is CN.CNC1=C(C)CC/C1=C\N1CCc2ccccc21. The molecule has 3 nitrogen and oxygen atoms in total. The lowest BCUT2D eigenvalue weighted by Gasteiger charge is -2.16. The maximum Gasteiger partial charge on any atom is 0.0439 e. The zero-order valence-electron chi connectivity index (χ0n) is 12.7. The molecule has 1 aromatic rings. The van der Waals surface area contributed by atoms with E-state index in [9.17, 15) is 0 Å². The number of nitrogens with two attached hydrogens (primary N) is 1. The fourth-order valence-electron chi connectivity index (χ4n) is 3.04. The molecule has 0 aromatic heterocycles. The van der Waals surface area contributed by atoms with Crippen molar-refractivity contribution in [2.75, 3.05) is 25.5 Å². The first kappa shape index (κ1) is 14.7. The van der Waals surface area contributed by atoms with Crippen LogP contribution in [-0.2, 0) is 6.42 Å².